The average Bonchev–Trinajstić information content (AvgIpc) is 2.37. The van der Waals surface area contributed by atoms with E-state index in [1.165, 1.54) is 18.4 Å². The van der Waals surface area contributed by atoms with E-state index in [1.54, 1.807) is 0 Å². The maximum absolute atomic E-state index is 12.4. The van der Waals surface area contributed by atoms with Crippen LogP contribution in [0.5, 0.6) is 0 Å². The van der Waals surface area contributed by atoms with E-state index in [-0.39, 0.29) is 10.8 Å². The smallest absolute Gasteiger partial charge is 0.134 e. The van der Waals surface area contributed by atoms with Crippen LogP contribution >= 0.6 is 0 Å². The van der Waals surface area contributed by atoms with Crippen molar-refractivity contribution in [1.82, 2.24) is 0 Å². The Morgan fingerprint density at radius 2 is 1.95 bits per heavy atom. The molecule has 0 aliphatic heterocycles. The van der Waals surface area contributed by atoms with Gasteiger partial charge in [0.25, 0.3) is 0 Å². The Bertz CT molecular complexity index is 498. The summed E-state index contributed by atoms with van der Waals surface area (Å²) in [4.78, 5) is 12.4. The molecule has 0 saturated heterocycles. The first kappa shape index (κ1) is 15.1. The first-order valence-corrected chi connectivity index (χ1v) is 8.64. The SMILES string of the molecule is C=CC1=CC[C@@H]2[C@H](CC[C@@H]3C(C)(C)CC(=O)C[C@@]23C)[C@@H]1C. The molecule has 0 aromatic rings. The van der Waals surface area contributed by atoms with Crippen LogP contribution in [0.25, 0.3) is 0 Å². The van der Waals surface area contributed by atoms with Gasteiger partial charge in [-0.1, -0.05) is 46.4 Å². The third-order valence-electron chi connectivity index (χ3n) is 7.13. The van der Waals surface area contributed by atoms with Crippen molar-refractivity contribution in [3.05, 3.63) is 24.3 Å². The number of carbonyl (C=O) groups is 1. The van der Waals surface area contributed by atoms with Crippen molar-refractivity contribution >= 4 is 5.78 Å². The summed E-state index contributed by atoms with van der Waals surface area (Å²) >= 11 is 0. The summed E-state index contributed by atoms with van der Waals surface area (Å²) in [6.07, 6.45) is 9.82. The molecule has 2 fully saturated rings. The molecule has 0 N–H and O–H groups in total. The van der Waals surface area contributed by atoms with Gasteiger partial charge in [-0.05, 0) is 59.3 Å². The van der Waals surface area contributed by atoms with Gasteiger partial charge >= 0.3 is 0 Å². The summed E-state index contributed by atoms with van der Waals surface area (Å²) in [6.45, 7) is 13.4. The fourth-order valence-corrected chi connectivity index (χ4v) is 6.30. The summed E-state index contributed by atoms with van der Waals surface area (Å²) < 4.78 is 0. The van der Waals surface area contributed by atoms with Crippen LogP contribution < -0.4 is 0 Å². The molecule has 0 aromatic heterocycles. The second-order valence-corrected chi connectivity index (χ2v) is 8.72. The Labute approximate surface area is 129 Å². The number of allylic oxidation sites excluding steroid dienone is 3. The van der Waals surface area contributed by atoms with Crippen molar-refractivity contribution in [3.63, 3.8) is 0 Å². The number of hydrogen-bond acceptors (Lipinski definition) is 1. The Balaban J connectivity index is 1.99. The summed E-state index contributed by atoms with van der Waals surface area (Å²) in [5, 5.41) is 0. The van der Waals surface area contributed by atoms with Gasteiger partial charge in [-0.15, -0.1) is 0 Å². The van der Waals surface area contributed by atoms with Crippen LogP contribution in [0.15, 0.2) is 24.3 Å². The summed E-state index contributed by atoms with van der Waals surface area (Å²) in [5.41, 5.74) is 1.82. The van der Waals surface area contributed by atoms with Gasteiger partial charge < -0.3 is 0 Å². The van der Waals surface area contributed by atoms with Gasteiger partial charge in [0.1, 0.15) is 5.78 Å². The van der Waals surface area contributed by atoms with Crippen LogP contribution in [0.3, 0.4) is 0 Å². The zero-order valence-electron chi connectivity index (χ0n) is 14.1. The average molecular weight is 286 g/mol. The number of fused-ring (bicyclic) bond motifs is 3. The Hall–Kier alpha value is -0.850. The molecule has 0 amide bonds. The Kier molecular flexibility index (Phi) is 3.46. The molecule has 0 bridgehead atoms. The summed E-state index contributed by atoms with van der Waals surface area (Å²) in [5.74, 6) is 3.23. The molecule has 0 unspecified atom stereocenters. The molecule has 1 heteroatoms. The normalized spacial score (nSPS) is 45.3. The zero-order valence-corrected chi connectivity index (χ0v) is 14.1. The molecule has 3 aliphatic rings. The molecule has 3 rings (SSSR count). The Morgan fingerprint density at radius 1 is 1.24 bits per heavy atom. The van der Waals surface area contributed by atoms with Crippen LogP contribution in [-0.4, -0.2) is 5.78 Å². The molecular formula is C20H30O. The number of hydrogen-bond donors (Lipinski definition) is 0. The van der Waals surface area contributed by atoms with Crippen molar-refractivity contribution in [1.29, 1.82) is 0 Å². The van der Waals surface area contributed by atoms with Gasteiger partial charge in [-0.25, -0.2) is 0 Å². The number of Topliss-reactive ketones (excluding diaryl/α,β-unsaturated/α-hetero) is 1. The minimum atomic E-state index is 0.181. The van der Waals surface area contributed by atoms with Gasteiger partial charge in [0.2, 0.25) is 0 Å². The number of rotatable bonds is 1. The largest absolute Gasteiger partial charge is 0.300 e. The van der Waals surface area contributed by atoms with Gasteiger partial charge in [-0.3, -0.25) is 4.79 Å². The van der Waals surface area contributed by atoms with E-state index < -0.39 is 0 Å². The minimum absolute atomic E-state index is 0.181. The zero-order chi connectivity index (χ0) is 15.4. The number of carbonyl (C=O) groups excluding carboxylic acids is 1. The highest BCUT2D eigenvalue weighted by Crippen LogP contribution is 2.63. The second kappa shape index (κ2) is 4.83. The van der Waals surface area contributed by atoms with Gasteiger partial charge in [-0.2, -0.15) is 0 Å². The minimum Gasteiger partial charge on any atom is -0.300 e. The summed E-state index contributed by atoms with van der Waals surface area (Å²) in [7, 11) is 0. The highest BCUT2D eigenvalue weighted by Gasteiger charge is 2.57. The monoisotopic (exact) mass is 286 g/mol. The molecular weight excluding hydrogens is 256 g/mol. The first-order valence-electron chi connectivity index (χ1n) is 8.64. The predicted octanol–water partition coefficient (Wildman–Crippen LogP) is 5.18. The van der Waals surface area contributed by atoms with Crippen molar-refractivity contribution in [2.75, 3.05) is 0 Å². The molecule has 5 atom stereocenters. The molecule has 3 aliphatic carbocycles. The lowest BCUT2D eigenvalue weighted by Crippen LogP contribution is -2.55. The van der Waals surface area contributed by atoms with E-state index in [9.17, 15) is 4.79 Å². The van der Waals surface area contributed by atoms with Gasteiger partial charge in [0.15, 0.2) is 0 Å². The molecule has 0 spiro atoms. The molecule has 116 valence electrons. The predicted molar refractivity (Wildman–Crippen MR) is 87.9 cm³/mol. The maximum Gasteiger partial charge on any atom is 0.134 e. The van der Waals surface area contributed by atoms with Crippen molar-refractivity contribution in [2.24, 2.45) is 34.5 Å². The molecule has 0 radical (unpaired) electrons. The maximum atomic E-state index is 12.4. The first-order chi connectivity index (χ1) is 9.79. The van der Waals surface area contributed by atoms with E-state index in [1.807, 2.05) is 6.08 Å². The summed E-state index contributed by atoms with van der Waals surface area (Å²) in [6, 6.07) is 0. The van der Waals surface area contributed by atoms with E-state index in [0.717, 1.165) is 25.2 Å². The van der Waals surface area contributed by atoms with Crippen LogP contribution in [0.1, 0.15) is 59.8 Å². The highest BCUT2D eigenvalue weighted by atomic mass is 16.1. The Morgan fingerprint density at radius 3 is 2.62 bits per heavy atom. The highest BCUT2D eigenvalue weighted by molar-refractivity contribution is 5.81. The molecule has 1 nitrogen and oxygen atoms in total. The molecule has 0 heterocycles. The molecule has 21 heavy (non-hydrogen) atoms. The van der Waals surface area contributed by atoms with E-state index in [0.29, 0.717) is 23.5 Å². The molecule has 2 saturated carbocycles. The third kappa shape index (κ3) is 2.15. The lowest BCUT2D eigenvalue weighted by atomic mass is 9.44. The third-order valence-corrected chi connectivity index (χ3v) is 7.13. The lowest BCUT2D eigenvalue weighted by molar-refractivity contribution is -0.147. The second-order valence-electron chi connectivity index (χ2n) is 8.72. The van der Waals surface area contributed by atoms with Gasteiger partial charge in [0, 0.05) is 12.8 Å². The van der Waals surface area contributed by atoms with Crippen molar-refractivity contribution < 1.29 is 4.79 Å². The van der Waals surface area contributed by atoms with Crippen molar-refractivity contribution in [3.8, 4) is 0 Å². The molecule has 0 aromatic carbocycles. The van der Waals surface area contributed by atoms with Crippen LogP contribution in [0.4, 0.5) is 0 Å². The van der Waals surface area contributed by atoms with Crippen LogP contribution in [0.2, 0.25) is 0 Å². The standard InChI is InChI=1S/C20H30O/c1-6-14-7-9-17-16(13(14)2)8-10-18-19(3,4)11-15(21)12-20(17,18)5/h6-7,13,16-18H,1,8-12H2,2-5H3/t13-,16-,17-,18-,20+/m1/s1. The topological polar surface area (TPSA) is 17.1 Å². The lowest BCUT2D eigenvalue weighted by Gasteiger charge is -2.60. The van der Waals surface area contributed by atoms with Crippen molar-refractivity contribution in [2.45, 2.75) is 59.8 Å². The fraction of sp³-hybridized carbons (Fsp3) is 0.750. The van der Waals surface area contributed by atoms with E-state index in [4.69, 9.17) is 0 Å². The quantitative estimate of drug-likeness (QED) is 0.649. The van der Waals surface area contributed by atoms with E-state index >= 15 is 0 Å². The van der Waals surface area contributed by atoms with E-state index in [2.05, 4.69) is 40.3 Å². The van der Waals surface area contributed by atoms with Crippen LogP contribution in [0, 0.1) is 34.5 Å². The van der Waals surface area contributed by atoms with Gasteiger partial charge in [0.05, 0.1) is 0 Å². The fourth-order valence-electron chi connectivity index (χ4n) is 6.30. The van der Waals surface area contributed by atoms with Crippen LogP contribution in [-0.2, 0) is 4.79 Å². The number of ketones is 1.